The minimum Gasteiger partial charge on any atom is -0.372 e. The molecule has 0 saturated carbocycles. The second-order valence-corrected chi connectivity index (χ2v) is 9.27. The Bertz CT molecular complexity index is 1010. The lowest BCUT2D eigenvalue weighted by molar-refractivity contribution is -0.120. The number of hydrogen-bond donors (Lipinski definition) is 0. The number of rotatable bonds is 4. The van der Waals surface area contributed by atoms with Crippen LogP contribution in [0.5, 0.6) is 0 Å². The van der Waals surface area contributed by atoms with Crippen molar-refractivity contribution in [2.24, 2.45) is 5.92 Å². The van der Waals surface area contributed by atoms with Gasteiger partial charge in [-0.3, -0.25) is 9.59 Å². The molecule has 2 fully saturated rings. The molecule has 0 atom stereocenters. The third-order valence-electron chi connectivity index (χ3n) is 7.05. The number of carbonyl (C=O) groups excluding carboxylic acids is 2. The van der Waals surface area contributed by atoms with Crippen LogP contribution in [0.15, 0.2) is 60.3 Å². The van der Waals surface area contributed by atoms with E-state index in [1.54, 1.807) is 0 Å². The van der Waals surface area contributed by atoms with Gasteiger partial charge in [0.1, 0.15) is 5.70 Å². The molecule has 0 bridgehead atoms. The largest absolute Gasteiger partial charge is 0.372 e. The molecule has 0 unspecified atom stereocenters. The van der Waals surface area contributed by atoms with Crippen LogP contribution < -0.4 is 9.80 Å². The van der Waals surface area contributed by atoms with Gasteiger partial charge in [-0.1, -0.05) is 37.3 Å². The molecular formula is C27H31N3O2. The summed E-state index contributed by atoms with van der Waals surface area (Å²) in [5.41, 5.74) is 3.72. The van der Waals surface area contributed by atoms with Crippen molar-refractivity contribution >= 4 is 28.8 Å². The highest BCUT2D eigenvalue weighted by atomic mass is 16.2. The van der Waals surface area contributed by atoms with Gasteiger partial charge < -0.3 is 9.80 Å². The molecule has 3 heterocycles. The van der Waals surface area contributed by atoms with Gasteiger partial charge in [0.05, 0.1) is 11.3 Å². The van der Waals surface area contributed by atoms with Crippen molar-refractivity contribution in [2.75, 3.05) is 36.0 Å². The van der Waals surface area contributed by atoms with E-state index in [1.165, 1.54) is 24.2 Å². The van der Waals surface area contributed by atoms with Crippen LogP contribution in [0.3, 0.4) is 0 Å². The molecule has 5 heteroatoms. The van der Waals surface area contributed by atoms with Gasteiger partial charge in [-0.15, -0.1) is 0 Å². The minimum atomic E-state index is -0.221. The Hall–Kier alpha value is -3.08. The summed E-state index contributed by atoms with van der Waals surface area (Å²) in [6.07, 6.45) is 5.68. The number of anilines is 2. The normalized spacial score (nSPS) is 20.5. The topological polar surface area (TPSA) is 43.9 Å². The molecular weight excluding hydrogens is 398 g/mol. The summed E-state index contributed by atoms with van der Waals surface area (Å²) in [5.74, 6) is 0.359. The van der Waals surface area contributed by atoms with Crippen LogP contribution in [0, 0.1) is 5.92 Å². The number of nitrogens with zero attached hydrogens (tertiary/aromatic N) is 3. The zero-order chi connectivity index (χ0) is 22.1. The third-order valence-corrected chi connectivity index (χ3v) is 7.05. The molecule has 2 saturated heterocycles. The predicted molar refractivity (Wildman–Crippen MR) is 128 cm³/mol. The number of benzene rings is 2. The molecule has 2 amide bonds. The Kier molecular flexibility index (Phi) is 5.73. The molecule has 0 aliphatic carbocycles. The summed E-state index contributed by atoms with van der Waals surface area (Å²) in [6, 6.07) is 17.6. The van der Waals surface area contributed by atoms with E-state index in [0.29, 0.717) is 17.0 Å². The van der Waals surface area contributed by atoms with Gasteiger partial charge in [-0.25, -0.2) is 4.90 Å². The van der Waals surface area contributed by atoms with Gasteiger partial charge in [0.25, 0.3) is 11.8 Å². The summed E-state index contributed by atoms with van der Waals surface area (Å²) in [5, 5.41) is 0. The Morgan fingerprint density at radius 1 is 0.688 bits per heavy atom. The van der Waals surface area contributed by atoms with Gasteiger partial charge in [-0.05, 0) is 67.9 Å². The summed E-state index contributed by atoms with van der Waals surface area (Å²) < 4.78 is 0. The van der Waals surface area contributed by atoms with Crippen LogP contribution in [-0.2, 0) is 9.59 Å². The van der Waals surface area contributed by atoms with Crippen LogP contribution in [0.2, 0.25) is 0 Å². The van der Waals surface area contributed by atoms with Gasteiger partial charge >= 0.3 is 0 Å². The second kappa shape index (κ2) is 8.81. The fourth-order valence-electron chi connectivity index (χ4n) is 5.11. The first-order valence-corrected chi connectivity index (χ1v) is 11.9. The molecule has 0 N–H and O–H groups in total. The number of carbonyl (C=O) groups is 2. The van der Waals surface area contributed by atoms with E-state index in [2.05, 4.69) is 16.7 Å². The standard InChI is InChI=1S/C27H31N3O2/c1-20-14-18-28(19-15-20)22-10-12-23(13-11-22)30-26(31)24(21-8-4-2-5-9-21)25(27(30)32)29-16-6-3-7-17-29/h2,4-5,8-13,20H,3,6-7,14-19H2,1H3. The van der Waals surface area contributed by atoms with Crippen LogP contribution in [-0.4, -0.2) is 42.9 Å². The Labute approximate surface area is 190 Å². The average molecular weight is 430 g/mol. The maximum absolute atomic E-state index is 13.6. The molecule has 0 aromatic heterocycles. The summed E-state index contributed by atoms with van der Waals surface area (Å²) in [7, 11) is 0. The predicted octanol–water partition coefficient (Wildman–Crippen LogP) is 4.69. The fourth-order valence-corrected chi connectivity index (χ4v) is 5.11. The van der Waals surface area contributed by atoms with E-state index in [0.717, 1.165) is 56.2 Å². The van der Waals surface area contributed by atoms with Crippen molar-refractivity contribution in [1.29, 1.82) is 0 Å². The van der Waals surface area contributed by atoms with Crippen LogP contribution in [0.25, 0.3) is 5.57 Å². The van der Waals surface area contributed by atoms with Gasteiger partial charge in [0.2, 0.25) is 0 Å². The van der Waals surface area contributed by atoms with Crippen LogP contribution in [0.4, 0.5) is 11.4 Å². The molecule has 2 aromatic carbocycles. The Morgan fingerprint density at radius 2 is 1.31 bits per heavy atom. The molecule has 5 nitrogen and oxygen atoms in total. The fraction of sp³-hybridized carbons (Fsp3) is 0.407. The van der Waals surface area contributed by atoms with Crippen LogP contribution >= 0.6 is 0 Å². The molecule has 32 heavy (non-hydrogen) atoms. The minimum absolute atomic E-state index is 0.199. The van der Waals surface area contributed by atoms with E-state index < -0.39 is 0 Å². The number of likely N-dealkylation sites (tertiary alicyclic amines) is 1. The van der Waals surface area contributed by atoms with Crippen molar-refractivity contribution in [1.82, 2.24) is 4.90 Å². The smallest absolute Gasteiger partial charge is 0.282 e. The van der Waals surface area contributed by atoms with Crippen LogP contribution in [0.1, 0.15) is 44.6 Å². The quantitative estimate of drug-likeness (QED) is 0.661. The monoisotopic (exact) mass is 429 g/mol. The number of piperidine rings is 2. The second-order valence-electron chi connectivity index (χ2n) is 9.27. The molecule has 0 radical (unpaired) electrons. The van der Waals surface area contributed by atoms with Crippen molar-refractivity contribution in [2.45, 2.75) is 39.0 Å². The highest BCUT2D eigenvalue weighted by Crippen LogP contribution is 2.36. The van der Waals surface area contributed by atoms with Crippen molar-refractivity contribution in [3.8, 4) is 0 Å². The van der Waals surface area contributed by atoms with E-state index in [4.69, 9.17) is 0 Å². The van der Waals surface area contributed by atoms with E-state index >= 15 is 0 Å². The van der Waals surface area contributed by atoms with Gasteiger partial charge in [0, 0.05) is 31.9 Å². The average Bonchev–Trinajstić information content (AvgIpc) is 3.10. The van der Waals surface area contributed by atoms with Crippen molar-refractivity contribution in [3.05, 3.63) is 65.9 Å². The summed E-state index contributed by atoms with van der Waals surface area (Å²) in [6.45, 7) is 6.07. The molecule has 5 rings (SSSR count). The maximum Gasteiger partial charge on any atom is 0.282 e. The van der Waals surface area contributed by atoms with Crippen molar-refractivity contribution < 1.29 is 9.59 Å². The molecule has 3 aliphatic heterocycles. The SMILES string of the molecule is CC1CCN(c2ccc(N3C(=O)C(c4ccccc4)=C(N4CCCCC4)C3=O)cc2)CC1. The first kappa shape index (κ1) is 20.8. The third kappa shape index (κ3) is 3.81. The van der Waals surface area contributed by atoms with Crippen molar-refractivity contribution in [3.63, 3.8) is 0 Å². The lowest BCUT2D eigenvalue weighted by Crippen LogP contribution is -2.37. The molecule has 3 aliphatic rings. The highest BCUT2D eigenvalue weighted by Gasteiger charge is 2.42. The van der Waals surface area contributed by atoms with E-state index in [1.807, 2.05) is 54.6 Å². The summed E-state index contributed by atoms with van der Waals surface area (Å²) in [4.78, 5) is 33.1. The number of amides is 2. The van der Waals surface area contributed by atoms with Gasteiger partial charge in [0.15, 0.2) is 0 Å². The Morgan fingerprint density at radius 3 is 1.97 bits per heavy atom. The van der Waals surface area contributed by atoms with E-state index in [-0.39, 0.29) is 11.8 Å². The Balaban J connectivity index is 1.46. The van der Waals surface area contributed by atoms with Gasteiger partial charge in [-0.2, -0.15) is 0 Å². The van der Waals surface area contributed by atoms with E-state index in [9.17, 15) is 9.59 Å². The molecule has 2 aromatic rings. The zero-order valence-corrected chi connectivity index (χ0v) is 18.8. The highest BCUT2D eigenvalue weighted by molar-refractivity contribution is 6.45. The lowest BCUT2D eigenvalue weighted by Gasteiger charge is -2.32. The maximum atomic E-state index is 13.6. The summed E-state index contributed by atoms with van der Waals surface area (Å²) >= 11 is 0. The molecule has 166 valence electrons. The lowest BCUT2D eigenvalue weighted by atomic mass is 9.99. The first-order chi connectivity index (χ1) is 15.6. The first-order valence-electron chi connectivity index (χ1n) is 11.9. The zero-order valence-electron chi connectivity index (χ0n) is 18.8. The number of imide groups is 1. The number of hydrogen-bond acceptors (Lipinski definition) is 4. The molecule has 0 spiro atoms.